The molecule has 3 heterocycles. The van der Waals surface area contributed by atoms with Gasteiger partial charge in [-0.15, -0.1) is 0 Å². The van der Waals surface area contributed by atoms with Gasteiger partial charge in [0.15, 0.2) is 11.5 Å². The highest BCUT2D eigenvalue weighted by Crippen LogP contribution is 2.35. The summed E-state index contributed by atoms with van der Waals surface area (Å²) in [5.41, 5.74) is 9.31. The van der Waals surface area contributed by atoms with Gasteiger partial charge in [0, 0.05) is 36.3 Å². The number of nitrogens with two attached hydrogens (primary N) is 1. The Morgan fingerprint density at radius 1 is 0.921 bits per heavy atom. The van der Waals surface area contributed by atoms with Gasteiger partial charge in [0.05, 0.1) is 25.7 Å². The number of unbranched alkanes of at least 4 members (excludes halogenated alkanes) is 1. The van der Waals surface area contributed by atoms with Crippen molar-refractivity contribution in [2.75, 3.05) is 13.7 Å². The summed E-state index contributed by atoms with van der Waals surface area (Å²) in [4.78, 5) is 12.8. The highest BCUT2D eigenvalue weighted by atomic mass is 16.5. The second-order valence-corrected chi connectivity index (χ2v) is 8.64. The lowest BCUT2D eigenvalue weighted by Crippen LogP contribution is -2.14. The number of benzene rings is 2. The molecule has 5 aromatic rings. The number of amidine groups is 1. The molecule has 2 aromatic carbocycles. The van der Waals surface area contributed by atoms with Gasteiger partial charge in [-0.2, -0.15) is 0 Å². The minimum absolute atomic E-state index is 0.370. The number of methoxy groups -OCH3 is 1. The van der Waals surface area contributed by atoms with Crippen LogP contribution >= 0.6 is 0 Å². The molecule has 5 rings (SSSR count). The second kappa shape index (κ2) is 11.9. The zero-order valence-electron chi connectivity index (χ0n) is 21.2. The monoisotopic (exact) mass is 507 g/mol. The number of rotatable bonds is 11. The van der Waals surface area contributed by atoms with Crippen molar-refractivity contribution < 1.29 is 13.9 Å². The number of hydrogen-bond donors (Lipinski definition) is 1. The van der Waals surface area contributed by atoms with Crippen molar-refractivity contribution in [3.05, 3.63) is 103 Å². The van der Waals surface area contributed by atoms with Gasteiger partial charge in [-0.1, -0.05) is 6.07 Å². The SMILES string of the molecule is COc1cc(-c2ccc(-c3ccc(N=C(N)c4ccccn4)cc3)o2)ccc1OCCCCn1ccnc1. The lowest BCUT2D eigenvalue weighted by Gasteiger charge is -2.12. The molecule has 0 saturated carbocycles. The Kier molecular flexibility index (Phi) is 7.79. The van der Waals surface area contributed by atoms with Gasteiger partial charge in [0.2, 0.25) is 0 Å². The Balaban J connectivity index is 1.22. The van der Waals surface area contributed by atoms with Crippen LogP contribution in [0.4, 0.5) is 5.69 Å². The topological polar surface area (TPSA) is 101 Å². The zero-order valence-corrected chi connectivity index (χ0v) is 21.2. The molecule has 0 bridgehead atoms. The minimum atomic E-state index is 0.370. The Hall–Kier alpha value is -4.85. The number of pyridine rings is 1. The maximum absolute atomic E-state index is 6.16. The Morgan fingerprint density at radius 2 is 1.74 bits per heavy atom. The predicted octanol–water partition coefficient (Wildman–Crippen LogP) is 6.11. The first-order chi connectivity index (χ1) is 18.7. The van der Waals surface area contributed by atoms with E-state index < -0.39 is 0 Å². The molecule has 0 amide bonds. The average Bonchev–Trinajstić information content (AvgIpc) is 3.67. The molecule has 8 heteroatoms. The third kappa shape index (κ3) is 6.10. The number of aryl methyl sites for hydroxylation is 1. The molecule has 0 aliphatic carbocycles. The summed E-state index contributed by atoms with van der Waals surface area (Å²) in [5, 5.41) is 0. The summed E-state index contributed by atoms with van der Waals surface area (Å²) in [7, 11) is 1.64. The fourth-order valence-corrected chi connectivity index (χ4v) is 4.00. The van der Waals surface area contributed by atoms with Crippen LogP contribution in [0.15, 0.2) is 107 Å². The van der Waals surface area contributed by atoms with Crippen LogP contribution < -0.4 is 15.2 Å². The largest absolute Gasteiger partial charge is 0.493 e. The first kappa shape index (κ1) is 24.8. The van der Waals surface area contributed by atoms with Crippen molar-refractivity contribution in [2.24, 2.45) is 10.7 Å². The third-order valence-corrected chi connectivity index (χ3v) is 6.01. The molecule has 3 aromatic heterocycles. The summed E-state index contributed by atoms with van der Waals surface area (Å²) in [5.74, 6) is 3.25. The average molecular weight is 508 g/mol. The number of hydrogen-bond acceptors (Lipinski definition) is 6. The highest BCUT2D eigenvalue weighted by molar-refractivity contribution is 5.97. The number of ether oxygens (including phenoxy) is 2. The van der Waals surface area contributed by atoms with Crippen molar-refractivity contribution in [3.63, 3.8) is 0 Å². The van der Waals surface area contributed by atoms with Crippen LogP contribution in [0.5, 0.6) is 11.5 Å². The van der Waals surface area contributed by atoms with Crippen LogP contribution in [0.2, 0.25) is 0 Å². The number of aliphatic imine (C=N–C) groups is 1. The molecule has 0 spiro atoms. The van der Waals surface area contributed by atoms with E-state index in [1.807, 2.05) is 85.3 Å². The van der Waals surface area contributed by atoms with Crippen molar-refractivity contribution in [3.8, 4) is 34.1 Å². The summed E-state index contributed by atoms with van der Waals surface area (Å²) < 4.78 is 19.8. The minimum Gasteiger partial charge on any atom is -0.493 e. The molecule has 0 atom stereocenters. The van der Waals surface area contributed by atoms with Gasteiger partial charge >= 0.3 is 0 Å². The summed E-state index contributed by atoms with van der Waals surface area (Å²) >= 11 is 0. The summed E-state index contributed by atoms with van der Waals surface area (Å²) in [6, 6.07) is 23.0. The molecule has 0 unspecified atom stereocenters. The smallest absolute Gasteiger partial charge is 0.161 e. The van der Waals surface area contributed by atoms with Gasteiger partial charge in [0.1, 0.15) is 23.1 Å². The maximum atomic E-state index is 6.16. The van der Waals surface area contributed by atoms with Gasteiger partial charge in [-0.05, 0) is 79.6 Å². The number of aromatic nitrogens is 3. The fraction of sp³-hybridized carbons (Fsp3) is 0.167. The van der Waals surface area contributed by atoms with E-state index in [9.17, 15) is 0 Å². The maximum Gasteiger partial charge on any atom is 0.161 e. The molecule has 2 N–H and O–H groups in total. The molecule has 8 nitrogen and oxygen atoms in total. The van der Waals surface area contributed by atoms with Crippen molar-refractivity contribution in [1.29, 1.82) is 0 Å². The van der Waals surface area contributed by atoms with E-state index in [2.05, 4.69) is 19.5 Å². The van der Waals surface area contributed by atoms with Crippen molar-refractivity contribution >= 4 is 11.5 Å². The quantitative estimate of drug-likeness (QED) is 0.132. The molecule has 0 radical (unpaired) electrons. The van der Waals surface area contributed by atoms with E-state index in [-0.39, 0.29) is 0 Å². The Labute approximate surface area is 221 Å². The zero-order chi connectivity index (χ0) is 26.2. The van der Waals surface area contributed by atoms with Gasteiger partial charge < -0.3 is 24.2 Å². The van der Waals surface area contributed by atoms with E-state index in [1.165, 1.54) is 0 Å². The molecular weight excluding hydrogens is 478 g/mol. The highest BCUT2D eigenvalue weighted by Gasteiger charge is 2.12. The second-order valence-electron chi connectivity index (χ2n) is 8.64. The van der Waals surface area contributed by atoms with E-state index >= 15 is 0 Å². The third-order valence-electron chi connectivity index (χ3n) is 6.01. The van der Waals surface area contributed by atoms with E-state index in [0.29, 0.717) is 29.6 Å². The molecule has 38 heavy (non-hydrogen) atoms. The first-order valence-electron chi connectivity index (χ1n) is 12.4. The molecule has 0 saturated heterocycles. The Morgan fingerprint density at radius 3 is 2.47 bits per heavy atom. The molecular formula is C30H29N5O3. The van der Waals surface area contributed by atoms with Gasteiger partial charge in [0.25, 0.3) is 0 Å². The van der Waals surface area contributed by atoms with Crippen LogP contribution in [0.3, 0.4) is 0 Å². The van der Waals surface area contributed by atoms with Crippen LogP contribution in [0.1, 0.15) is 18.5 Å². The summed E-state index contributed by atoms with van der Waals surface area (Å²) in [6.07, 6.45) is 9.22. The van der Waals surface area contributed by atoms with Crippen LogP contribution in [0, 0.1) is 0 Å². The van der Waals surface area contributed by atoms with Crippen LogP contribution in [-0.2, 0) is 6.54 Å². The molecule has 192 valence electrons. The van der Waals surface area contributed by atoms with Crippen molar-refractivity contribution in [1.82, 2.24) is 14.5 Å². The lowest BCUT2D eigenvalue weighted by molar-refractivity contribution is 0.284. The van der Waals surface area contributed by atoms with Gasteiger partial charge in [-0.25, -0.2) is 9.98 Å². The van der Waals surface area contributed by atoms with Gasteiger partial charge in [-0.3, -0.25) is 4.98 Å². The van der Waals surface area contributed by atoms with E-state index in [4.69, 9.17) is 19.6 Å². The number of imidazole rings is 1. The predicted molar refractivity (Wildman–Crippen MR) is 148 cm³/mol. The first-order valence-corrected chi connectivity index (χ1v) is 12.4. The molecule has 0 aliphatic heterocycles. The van der Waals surface area contributed by atoms with Crippen LogP contribution in [-0.4, -0.2) is 34.1 Å². The number of nitrogens with zero attached hydrogens (tertiary/aromatic N) is 4. The normalized spacial score (nSPS) is 11.4. The lowest BCUT2D eigenvalue weighted by atomic mass is 10.1. The Bertz CT molecular complexity index is 1480. The fourth-order valence-electron chi connectivity index (χ4n) is 4.00. The molecule has 0 fully saturated rings. The van der Waals surface area contributed by atoms with Crippen molar-refractivity contribution in [2.45, 2.75) is 19.4 Å². The molecule has 0 aliphatic rings. The van der Waals surface area contributed by atoms with Crippen LogP contribution in [0.25, 0.3) is 22.6 Å². The number of furan rings is 1. The van der Waals surface area contributed by atoms with E-state index in [0.717, 1.165) is 47.7 Å². The summed E-state index contributed by atoms with van der Waals surface area (Å²) in [6.45, 7) is 1.54. The van der Waals surface area contributed by atoms with E-state index in [1.54, 1.807) is 19.5 Å². The standard InChI is InChI=1S/C30H29N5O3/c1-36-29-20-23(9-12-28(29)37-19-5-4-17-35-18-16-32-21-35)27-14-13-26(38-27)22-7-10-24(11-8-22)34-30(31)25-6-2-3-15-33-25/h2-3,6-16,18,20-21H,4-5,17,19H2,1H3,(H2,31,34).